The Morgan fingerprint density at radius 1 is 1.32 bits per heavy atom. The topological polar surface area (TPSA) is 36.1 Å². The second kappa shape index (κ2) is 5.08. The zero-order valence-electron chi connectivity index (χ0n) is 11.4. The molecule has 3 nitrogen and oxygen atoms in total. The zero-order valence-corrected chi connectivity index (χ0v) is 11.4. The number of hydrogen-bond donors (Lipinski definition) is 1. The third-order valence-electron chi connectivity index (χ3n) is 4.00. The van der Waals surface area contributed by atoms with E-state index in [9.17, 15) is 4.79 Å². The summed E-state index contributed by atoms with van der Waals surface area (Å²) in [5, 5.41) is 1.29. The van der Waals surface area contributed by atoms with Crippen LogP contribution in [0, 0.1) is 6.92 Å². The predicted molar refractivity (Wildman–Crippen MR) is 77.2 cm³/mol. The summed E-state index contributed by atoms with van der Waals surface area (Å²) in [5.74, 6) is 0.321. The molecule has 0 spiro atoms. The summed E-state index contributed by atoms with van der Waals surface area (Å²) in [7, 11) is 0. The number of piperidine rings is 1. The summed E-state index contributed by atoms with van der Waals surface area (Å²) in [4.78, 5) is 17.1. The summed E-state index contributed by atoms with van der Waals surface area (Å²) in [6, 6.07) is 6.49. The van der Waals surface area contributed by atoms with Crippen LogP contribution in [-0.2, 0) is 11.2 Å². The van der Waals surface area contributed by atoms with Crippen molar-refractivity contribution in [3.8, 4) is 0 Å². The number of aromatic amines is 1. The van der Waals surface area contributed by atoms with Crippen LogP contribution in [0.25, 0.3) is 10.9 Å². The normalized spacial score (nSPS) is 16.3. The van der Waals surface area contributed by atoms with Crippen molar-refractivity contribution in [2.45, 2.75) is 32.6 Å². The van der Waals surface area contributed by atoms with Gasteiger partial charge in [-0.15, -0.1) is 0 Å². The van der Waals surface area contributed by atoms with E-state index in [-0.39, 0.29) is 0 Å². The van der Waals surface area contributed by atoms with Crippen LogP contribution >= 0.6 is 0 Å². The minimum atomic E-state index is 0.321. The van der Waals surface area contributed by atoms with Crippen LogP contribution in [0.3, 0.4) is 0 Å². The molecule has 0 aliphatic carbocycles. The third-order valence-corrected chi connectivity index (χ3v) is 4.00. The van der Waals surface area contributed by atoms with E-state index in [4.69, 9.17) is 0 Å². The fourth-order valence-electron chi connectivity index (χ4n) is 2.86. The van der Waals surface area contributed by atoms with Crippen molar-refractivity contribution in [3.05, 3.63) is 35.5 Å². The van der Waals surface area contributed by atoms with Crippen LogP contribution in [0.4, 0.5) is 0 Å². The Balaban J connectivity index is 1.73. The molecule has 1 N–H and O–H groups in total. The van der Waals surface area contributed by atoms with Crippen molar-refractivity contribution in [1.29, 1.82) is 0 Å². The van der Waals surface area contributed by atoms with Crippen LogP contribution in [0.5, 0.6) is 0 Å². The molecule has 1 aromatic carbocycles. The molecule has 1 aromatic heterocycles. The highest BCUT2D eigenvalue weighted by Gasteiger charge is 2.17. The minimum absolute atomic E-state index is 0.321. The lowest BCUT2D eigenvalue weighted by molar-refractivity contribution is -0.133. The summed E-state index contributed by atoms with van der Waals surface area (Å²) in [5.41, 5.74) is 3.78. The average Bonchev–Trinajstić information content (AvgIpc) is 2.80. The van der Waals surface area contributed by atoms with Crippen LogP contribution in [0.1, 0.15) is 30.4 Å². The summed E-state index contributed by atoms with van der Waals surface area (Å²) in [6.07, 6.45) is 5.96. The van der Waals surface area contributed by atoms with Crippen molar-refractivity contribution in [1.82, 2.24) is 9.88 Å². The molecular weight excluding hydrogens is 236 g/mol. The van der Waals surface area contributed by atoms with Gasteiger partial charge >= 0.3 is 0 Å². The Labute approximate surface area is 113 Å². The molecule has 2 aromatic rings. The number of likely N-dealkylation sites (tertiary alicyclic amines) is 1. The monoisotopic (exact) mass is 256 g/mol. The number of hydrogen-bond acceptors (Lipinski definition) is 1. The van der Waals surface area contributed by atoms with Gasteiger partial charge in [0.05, 0.1) is 0 Å². The van der Waals surface area contributed by atoms with Crippen LogP contribution in [0.2, 0.25) is 0 Å². The van der Waals surface area contributed by atoms with Gasteiger partial charge in [0.25, 0.3) is 0 Å². The van der Waals surface area contributed by atoms with Crippen molar-refractivity contribution < 1.29 is 4.79 Å². The van der Waals surface area contributed by atoms with Crippen LogP contribution in [0.15, 0.2) is 24.4 Å². The highest BCUT2D eigenvalue weighted by Crippen LogP contribution is 2.20. The van der Waals surface area contributed by atoms with Gasteiger partial charge in [0, 0.05) is 36.6 Å². The molecule has 19 heavy (non-hydrogen) atoms. The van der Waals surface area contributed by atoms with Gasteiger partial charge in [0.1, 0.15) is 0 Å². The second-order valence-corrected chi connectivity index (χ2v) is 5.45. The first-order chi connectivity index (χ1) is 9.24. The third kappa shape index (κ3) is 2.50. The average molecular weight is 256 g/mol. The SMILES string of the molecule is Cc1ccc2c(CCN3CCCCC3=O)c[nH]c2c1. The molecule has 1 aliphatic heterocycles. The molecule has 0 atom stereocenters. The largest absolute Gasteiger partial charge is 0.361 e. The van der Waals surface area contributed by atoms with Gasteiger partial charge in [-0.25, -0.2) is 0 Å². The molecule has 0 saturated carbocycles. The number of nitrogens with zero attached hydrogens (tertiary/aromatic N) is 1. The first-order valence-corrected chi connectivity index (χ1v) is 7.08. The molecule has 0 unspecified atom stereocenters. The van der Waals surface area contributed by atoms with E-state index in [2.05, 4.69) is 36.3 Å². The number of nitrogens with one attached hydrogen (secondary N) is 1. The maximum Gasteiger partial charge on any atom is 0.222 e. The number of amides is 1. The summed E-state index contributed by atoms with van der Waals surface area (Å²) < 4.78 is 0. The molecule has 1 fully saturated rings. The van der Waals surface area contributed by atoms with E-state index in [0.717, 1.165) is 38.8 Å². The smallest absolute Gasteiger partial charge is 0.222 e. The molecule has 3 rings (SSSR count). The number of rotatable bonds is 3. The fourth-order valence-corrected chi connectivity index (χ4v) is 2.86. The Morgan fingerprint density at radius 2 is 2.21 bits per heavy atom. The van der Waals surface area contributed by atoms with Gasteiger partial charge in [-0.05, 0) is 43.4 Å². The molecule has 1 aliphatic rings. The number of carbonyl (C=O) groups excluding carboxylic acids is 1. The van der Waals surface area contributed by atoms with E-state index in [1.807, 2.05) is 4.90 Å². The lowest BCUT2D eigenvalue weighted by Crippen LogP contribution is -2.36. The van der Waals surface area contributed by atoms with Gasteiger partial charge in [-0.3, -0.25) is 4.79 Å². The van der Waals surface area contributed by atoms with Gasteiger partial charge < -0.3 is 9.88 Å². The lowest BCUT2D eigenvalue weighted by atomic mass is 10.1. The Bertz CT molecular complexity index is 600. The van der Waals surface area contributed by atoms with Crippen molar-refractivity contribution in [2.75, 3.05) is 13.1 Å². The number of aryl methyl sites for hydroxylation is 1. The standard InChI is InChI=1S/C16H20N2O/c1-12-5-6-14-13(11-17-15(14)10-12)7-9-18-8-3-2-4-16(18)19/h5-6,10-11,17H,2-4,7-9H2,1H3. The fraction of sp³-hybridized carbons (Fsp3) is 0.438. The van der Waals surface area contributed by atoms with E-state index >= 15 is 0 Å². The van der Waals surface area contributed by atoms with Gasteiger partial charge in [0.15, 0.2) is 0 Å². The van der Waals surface area contributed by atoms with E-state index in [1.165, 1.54) is 22.0 Å². The van der Waals surface area contributed by atoms with E-state index in [1.54, 1.807) is 0 Å². The van der Waals surface area contributed by atoms with Gasteiger partial charge in [-0.2, -0.15) is 0 Å². The molecule has 100 valence electrons. The highest BCUT2D eigenvalue weighted by molar-refractivity contribution is 5.84. The van der Waals surface area contributed by atoms with E-state index in [0.29, 0.717) is 5.91 Å². The van der Waals surface area contributed by atoms with Gasteiger partial charge in [-0.1, -0.05) is 12.1 Å². The van der Waals surface area contributed by atoms with Crippen LogP contribution < -0.4 is 0 Å². The van der Waals surface area contributed by atoms with E-state index < -0.39 is 0 Å². The maximum absolute atomic E-state index is 11.8. The molecule has 3 heteroatoms. The first kappa shape index (κ1) is 12.3. The Hall–Kier alpha value is -1.77. The predicted octanol–water partition coefficient (Wildman–Crippen LogP) is 3.03. The number of aromatic nitrogens is 1. The molecule has 1 amide bonds. The molecule has 0 bridgehead atoms. The molecule has 2 heterocycles. The molecular formula is C16H20N2O. The van der Waals surface area contributed by atoms with Crippen LogP contribution in [-0.4, -0.2) is 28.9 Å². The number of benzene rings is 1. The molecule has 0 radical (unpaired) electrons. The minimum Gasteiger partial charge on any atom is -0.361 e. The highest BCUT2D eigenvalue weighted by atomic mass is 16.2. The maximum atomic E-state index is 11.8. The quantitative estimate of drug-likeness (QED) is 0.900. The van der Waals surface area contributed by atoms with Crippen molar-refractivity contribution >= 4 is 16.8 Å². The Morgan fingerprint density at radius 3 is 3.05 bits per heavy atom. The van der Waals surface area contributed by atoms with Crippen molar-refractivity contribution in [3.63, 3.8) is 0 Å². The molecule has 1 saturated heterocycles. The number of carbonyl (C=O) groups is 1. The van der Waals surface area contributed by atoms with Gasteiger partial charge in [0.2, 0.25) is 5.91 Å². The summed E-state index contributed by atoms with van der Waals surface area (Å²) >= 11 is 0. The first-order valence-electron chi connectivity index (χ1n) is 7.08. The van der Waals surface area contributed by atoms with Crippen molar-refractivity contribution in [2.24, 2.45) is 0 Å². The number of fused-ring (bicyclic) bond motifs is 1. The second-order valence-electron chi connectivity index (χ2n) is 5.45. The lowest BCUT2D eigenvalue weighted by Gasteiger charge is -2.26. The summed E-state index contributed by atoms with van der Waals surface area (Å²) in [6.45, 7) is 3.88. The number of H-pyrrole nitrogens is 1. The zero-order chi connectivity index (χ0) is 13.2. The Kier molecular flexibility index (Phi) is 3.28.